The molecule has 0 radical (unpaired) electrons. The van der Waals surface area contributed by atoms with E-state index in [9.17, 15) is 0 Å². The Balaban J connectivity index is 1.90. The van der Waals surface area contributed by atoms with E-state index in [0.29, 0.717) is 0 Å². The molecule has 2 heterocycles. The van der Waals surface area contributed by atoms with Crippen LogP contribution >= 0.6 is 12.2 Å². The van der Waals surface area contributed by atoms with E-state index in [1.54, 1.807) is 6.26 Å². The van der Waals surface area contributed by atoms with E-state index in [-0.39, 0.29) is 0 Å². The van der Waals surface area contributed by atoms with Crippen molar-refractivity contribution in [2.24, 2.45) is 0 Å². The molecule has 2 N–H and O–H groups in total. The quantitative estimate of drug-likeness (QED) is 0.736. The van der Waals surface area contributed by atoms with Gasteiger partial charge in [-0.15, -0.1) is 0 Å². The molecule has 0 amide bonds. The summed E-state index contributed by atoms with van der Waals surface area (Å²) in [6.45, 7) is 5.93. The van der Waals surface area contributed by atoms with Gasteiger partial charge in [-0.25, -0.2) is 0 Å². The normalized spacial score (nSPS) is 20.9. The van der Waals surface area contributed by atoms with Crippen molar-refractivity contribution in [2.45, 2.75) is 19.9 Å². The molecule has 88 valence electrons. The summed E-state index contributed by atoms with van der Waals surface area (Å²) < 4.78 is 5.36. The Morgan fingerprint density at radius 1 is 1.62 bits per heavy atom. The summed E-state index contributed by atoms with van der Waals surface area (Å²) in [5.74, 6) is 1.03. The van der Waals surface area contributed by atoms with Crippen LogP contribution in [0.1, 0.15) is 19.1 Å². The fourth-order valence-electron chi connectivity index (χ4n) is 1.94. The number of nitrogens with zero attached hydrogens (tertiary/aromatic N) is 1. The predicted octanol–water partition coefficient (Wildman–Crippen LogP) is 0.180. The molecule has 1 fully saturated rings. The Morgan fingerprint density at radius 2 is 2.50 bits per heavy atom. The summed E-state index contributed by atoms with van der Waals surface area (Å²) in [7, 11) is 0. The van der Waals surface area contributed by atoms with Crippen LogP contribution in [0.15, 0.2) is 22.8 Å². The van der Waals surface area contributed by atoms with Crippen LogP contribution in [0.3, 0.4) is 0 Å². The zero-order valence-corrected chi connectivity index (χ0v) is 10.3. The van der Waals surface area contributed by atoms with E-state index < -0.39 is 0 Å². The standard InChI is InChI=1S/C11H17N3OS/c1-2-5-14-9-13(8-12-11(14)16)7-10-4-3-6-15-10/h3-4,6H,2,5,7-9H2,1H3,(H,12,16)/p+1. The van der Waals surface area contributed by atoms with Gasteiger partial charge >= 0.3 is 0 Å². The molecule has 0 spiro atoms. The third kappa shape index (κ3) is 2.74. The van der Waals surface area contributed by atoms with Gasteiger partial charge in [-0.3, -0.25) is 4.90 Å². The summed E-state index contributed by atoms with van der Waals surface area (Å²) in [6.07, 6.45) is 2.84. The highest BCUT2D eigenvalue weighted by atomic mass is 32.1. The number of nitrogens with one attached hydrogen (secondary N) is 2. The minimum absolute atomic E-state index is 0.875. The van der Waals surface area contributed by atoms with Crippen molar-refractivity contribution in [3.05, 3.63) is 24.2 Å². The van der Waals surface area contributed by atoms with Gasteiger partial charge < -0.3 is 14.6 Å². The summed E-state index contributed by atoms with van der Waals surface area (Å²) >= 11 is 5.27. The highest BCUT2D eigenvalue weighted by molar-refractivity contribution is 7.80. The first kappa shape index (κ1) is 11.4. The second-order valence-electron chi connectivity index (χ2n) is 4.09. The van der Waals surface area contributed by atoms with E-state index in [1.165, 1.54) is 4.90 Å². The number of furan rings is 1. The highest BCUT2D eigenvalue weighted by Crippen LogP contribution is 1.98. The Bertz CT molecular complexity index is 339. The van der Waals surface area contributed by atoms with Crippen molar-refractivity contribution in [3.63, 3.8) is 0 Å². The molecule has 1 unspecified atom stereocenters. The first-order valence-corrected chi connectivity index (χ1v) is 6.09. The fourth-order valence-corrected chi connectivity index (χ4v) is 2.17. The van der Waals surface area contributed by atoms with Crippen LogP contribution in [0.2, 0.25) is 0 Å². The predicted molar refractivity (Wildman–Crippen MR) is 65.8 cm³/mol. The molecule has 1 aromatic heterocycles. The van der Waals surface area contributed by atoms with Crippen LogP contribution in [0, 0.1) is 0 Å². The van der Waals surface area contributed by atoms with Gasteiger partial charge in [0.25, 0.3) is 0 Å². The molecule has 0 aliphatic carbocycles. The number of thiocarbonyl (C=S) groups is 1. The highest BCUT2D eigenvalue weighted by Gasteiger charge is 2.23. The topological polar surface area (TPSA) is 32.9 Å². The Morgan fingerprint density at radius 3 is 3.19 bits per heavy atom. The van der Waals surface area contributed by atoms with Gasteiger partial charge in [0, 0.05) is 6.54 Å². The van der Waals surface area contributed by atoms with Crippen molar-refractivity contribution in [3.8, 4) is 0 Å². The van der Waals surface area contributed by atoms with Crippen molar-refractivity contribution in [1.82, 2.24) is 10.2 Å². The van der Waals surface area contributed by atoms with Gasteiger partial charge in [-0.2, -0.15) is 0 Å². The van der Waals surface area contributed by atoms with Gasteiger partial charge in [0.15, 0.2) is 24.2 Å². The molecule has 1 atom stereocenters. The minimum Gasteiger partial charge on any atom is -0.463 e. The number of quaternary nitrogens is 1. The summed E-state index contributed by atoms with van der Waals surface area (Å²) in [5, 5.41) is 4.14. The molecule has 0 bridgehead atoms. The molecule has 4 nitrogen and oxygen atoms in total. The molecule has 1 aliphatic rings. The minimum atomic E-state index is 0.875. The smallest absolute Gasteiger partial charge is 0.177 e. The maximum absolute atomic E-state index is 5.36. The summed E-state index contributed by atoms with van der Waals surface area (Å²) in [6, 6.07) is 3.95. The first-order chi connectivity index (χ1) is 7.79. The molecular weight excluding hydrogens is 222 g/mol. The number of rotatable bonds is 4. The molecule has 1 aliphatic heterocycles. The van der Waals surface area contributed by atoms with Gasteiger partial charge in [0.2, 0.25) is 0 Å². The largest absolute Gasteiger partial charge is 0.463 e. The third-order valence-corrected chi connectivity index (χ3v) is 3.09. The monoisotopic (exact) mass is 240 g/mol. The molecule has 16 heavy (non-hydrogen) atoms. The van der Waals surface area contributed by atoms with Crippen LogP contribution in [0.25, 0.3) is 0 Å². The van der Waals surface area contributed by atoms with Gasteiger partial charge in [0.05, 0.1) is 6.26 Å². The Labute approximate surface area is 101 Å². The maximum Gasteiger partial charge on any atom is 0.177 e. The average molecular weight is 240 g/mol. The molecule has 1 aromatic rings. The van der Waals surface area contributed by atoms with Crippen molar-refractivity contribution in [2.75, 3.05) is 19.9 Å². The van der Waals surface area contributed by atoms with Gasteiger partial charge in [0.1, 0.15) is 6.54 Å². The molecule has 2 rings (SSSR count). The Hall–Kier alpha value is -1.07. The zero-order chi connectivity index (χ0) is 11.4. The molecule has 1 saturated heterocycles. The molecule has 0 aromatic carbocycles. The van der Waals surface area contributed by atoms with Crippen LogP contribution in [0.5, 0.6) is 0 Å². The van der Waals surface area contributed by atoms with Crippen LogP contribution < -0.4 is 10.2 Å². The van der Waals surface area contributed by atoms with Crippen molar-refractivity contribution in [1.29, 1.82) is 0 Å². The number of hydrogen-bond acceptors (Lipinski definition) is 2. The Kier molecular flexibility index (Phi) is 3.79. The summed E-state index contributed by atoms with van der Waals surface area (Å²) in [5.41, 5.74) is 0. The fraction of sp³-hybridized carbons (Fsp3) is 0.545. The molecular formula is C11H18N3OS+. The van der Waals surface area contributed by atoms with Gasteiger partial charge in [-0.05, 0) is 30.8 Å². The van der Waals surface area contributed by atoms with E-state index in [2.05, 4.69) is 17.1 Å². The number of hydrogen-bond donors (Lipinski definition) is 2. The van der Waals surface area contributed by atoms with E-state index >= 15 is 0 Å². The van der Waals surface area contributed by atoms with Crippen LogP contribution in [-0.2, 0) is 6.54 Å². The van der Waals surface area contributed by atoms with E-state index in [1.807, 2.05) is 12.1 Å². The van der Waals surface area contributed by atoms with Crippen molar-refractivity contribution < 1.29 is 9.32 Å². The average Bonchev–Trinajstić information content (AvgIpc) is 2.76. The lowest BCUT2D eigenvalue weighted by Crippen LogP contribution is -3.16. The lowest BCUT2D eigenvalue weighted by atomic mass is 10.4. The van der Waals surface area contributed by atoms with E-state index in [0.717, 1.165) is 43.7 Å². The third-order valence-electron chi connectivity index (χ3n) is 2.69. The lowest BCUT2D eigenvalue weighted by molar-refractivity contribution is -0.928. The van der Waals surface area contributed by atoms with Crippen molar-refractivity contribution >= 4 is 17.3 Å². The van der Waals surface area contributed by atoms with E-state index in [4.69, 9.17) is 16.6 Å². The SMILES string of the molecule is CCCN1C[NH+](Cc2ccco2)CNC1=S. The van der Waals surface area contributed by atoms with Crippen LogP contribution in [-0.4, -0.2) is 29.9 Å². The first-order valence-electron chi connectivity index (χ1n) is 5.68. The molecule has 5 heteroatoms. The zero-order valence-electron chi connectivity index (χ0n) is 9.53. The maximum atomic E-state index is 5.36. The second-order valence-corrected chi connectivity index (χ2v) is 4.47. The molecule has 0 saturated carbocycles. The second kappa shape index (κ2) is 5.32. The summed E-state index contributed by atoms with van der Waals surface area (Å²) in [4.78, 5) is 3.65. The van der Waals surface area contributed by atoms with Gasteiger partial charge in [-0.1, -0.05) is 6.92 Å². The van der Waals surface area contributed by atoms with Crippen LogP contribution in [0.4, 0.5) is 0 Å². The lowest BCUT2D eigenvalue weighted by Gasteiger charge is -2.34.